The van der Waals surface area contributed by atoms with Gasteiger partial charge in [-0.2, -0.15) is 0 Å². The number of ether oxygens (including phenoxy) is 1. The molecule has 3 nitrogen and oxygen atoms in total. The van der Waals surface area contributed by atoms with Crippen molar-refractivity contribution in [1.82, 2.24) is 5.32 Å². The highest BCUT2D eigenvalue weighted by atomic mass is 35.5. The van der Waals surface area contributed by atoms with Gasteiger partial charge in [-0.3, -0.25) is 4.79 Å². The maximum atomic E-state index is 11.7. The Morgan fingerprint density at radius 3 is 3.07 bits per heavy atom. The Labute approximate surface area is 94.8 Å². The molecule has 3 atom stereocenters. The van der Waals surface area contributed by atoms with Crippen LogP contribution < -0.4 is 5.32 Å². The van der Waals surface area contributed by atoms with Crippen LogP contribution in [0.5, 0.6) is 0 Å². The second-order valence-electron chi connectivity index (χ2n) is 4.25. The van der Waals surface area contributed by atoms with Crippen LogP contribution in [0.25, 0.3) is 0 Å². The van der Waals surface area contributed by atoms with E-state index in [1.165, 1.54) is 12.7 Å². The summed E-state index contributed by atoms with van der Waals surface area (Å²) in [5.41, 5.74) is 1.23. The Morgan fingerprint density at radius 2 is 2.53 bits per heavy atom. The van der Waals surface area contributed by atoms with E-state index in [1.54, 1.807) is 0 Å². The topological polar surface area (TPSA) is 38.3 Å². The molecule has 3 rings (SSSR count). The van der Waals surface area contributed by atoms with E-state index in [1.807, 2.05) is 0 Å². The first-order valence-electron chi connectivity index (χ1n) is 5.33. The van der Waals surface area contributed by atoms with Gasteiger partial charge in [-0.25, -0.2) is 0 Å². The summed E-state index contributed by atoms with van der Waals surface area (Å²) in [6.45, 7) is 3.00. The van der Waals surface area contributed by atoms with E-state index in [0.29, 0.717) is 12.3 Å². The van der Waals surface area contributed by atoms with Gasteiger partial charge in [0.2, 0.25) is 0 Å². The van der Waals surface area contributed by atoms with Gasteiger partial charge in [0, 0.05) is 6.54 Å². The number of hydrogen-bond acceptors (Lipinski definition) is 3. The molecule has 1 aliphatic carbocycles. The van der Waals surface area contributed by atoms with Gasteiger partial charge in [-0.15, -0.1) is 11.6 Å². The SMILES string of the molecule is CCC1=C[C@@H]2CN[C@H]1[C@](Cl)(C(=O)OC)C2. The lowest BCUT2D eigenvalue weighted by Crippen LogP contribution is -2.62. The molecule has 0 spiro atoms. The molecule has 0 aromatic rings. The van der Waals surface area contributed by atoms with Crippen LogP contribution in [-0.4, -0.2) is 30.5 Å². The van der Waals surface area contributed by atoms with E-state index in [4.69, 9.17) is 16.3 Å². The molecule has 1 N–H and O–H groups in total. The number of hydrogen-bond donors (Lipinski definition) is 1. The third kappa shape index (κ3) is 1.58. The minimum absolute atomic E-state index is 0.0541. The van der Waals surface area contributed by atoms with Crippen LogP contribution in [-0.2, 0) is 9.53 Å². The van der Waals surface area contributed by atoms with E-state index in [9.17, 15) is 4.79 Å². The Kier molecular flexibility index (Phi) is 2.77. The molecule has 1 saturated heterocycles. The van der Waals surface area contributed by atoms with Crippen LogP contribution in [0.1, 0.15) is 19.8 Å². The molecular formula is C11H16ClNO2. The predicted octanol–water partition coefficient (Wildman–Crippen LogP) is 1.47. The summed E-state index contributed by atoms with van der Waals surface area (Å²) in [5, 5.41) is 3.32. The van der Waals surface area contributed by atoms with Crippen molar-refractivity contribution in [3.8, 4) is 0 Å². The highest BCUT2D eigenvalue weighted by Gasteiger charge is 2.52. The fourth-order valence-electron chi connectivity index (χ4n) is 2.64. The number of fused-ring (bicyclic) bond motifs is 2. The van der Waals surface area contributed by atoms with Crippen molar-refractivity contribution in [2.45, 2.75) is 30.7 Å². The van der Waals surface area contributed by atoms with Gasteiger partial charge in [0.15, 0.2) is 4.87 Å². The van der Waals surface area contributed by atoms with Crippen LogP contribution in [0.4, 0.5) is 0 Å². The molecule has 0 aromatic carbocycles. The monoisotopic (exact) mass is 229 g/mol. The fraction of sp³-hybridized carbons (Fsp3) is 0.727. The van der Waals surface area contributed by atoms with Crippen LogP contribution in [0.3, 0.4) is 0 Å². The number of alkyl halides is 1. The first kappa shape index (κ1) is 11.0. The third-order valence-electron chi connectivity index (χ3n) is 3.35. The van der Waals surface area contributed by atoms with E-state index in [-0.39, 0.29) is 12.0 Å². The molecule has 0 unspecified atom stereocenters. The Bertz CT molecular complexity index is 316. The summed E-state index contributed by atoms with van der Waals surface area (Å²) in [4.78, 5) is 10.8. The first-order valence-corrected chi connectivity index (χ1v) is 5.71. The molecule has 2 bridgehead atoms. The first-order chi connectivity index (χ1) is 7.11. The summed E-state index contributed by atoms with van der Waals surface area (Å²) < 4.78 is 4.80. The average Bonchev–Trinajstić information content (AvgIpc) is 2.28. The lowest BCUT2D eigenvalue weighted by Gasteiger charge is -2.46. The fourth-order valence-corrected chi connectivity index (χ4v) is 3.13. The second-order valence-corrected chi connectivity index (χ2v) is 4.93. The highest BCUT2D eigenvalue weighted by molar-refractivity contribution is 6.35. The van der Waals surface area contributed by atoms with Crippen molar-refractivity contribution >= 4 is 17.6 Å². The van der Waals surface area contributed by atoms with Crippen molar-refractivity contribution in [1.29, 1.82) is 0 Å². The maximum Gasteiger partial charge on any atom is 0.328 e. The standard InChI is InChI=1S/C11H16ClNO2/c1-3-8-4-7-5-11(12,10(14)15-2)9(8)13-6-7/h4,7,9,13H,3,5-6H2,1-2H3/t7-,9+,11-/m0/s1. The molecule has 1 fully saturated rings. The molecule has 2 heterocycles. The summed E-state index contributed by atoms with van der Waals surface area (Å²) in [6, 6.07) is -0.0541. The number of methoxy groups -OCH3 is 1. The van der Waals surface area contributed by atoms with Crippen molar-refractivity contribution in [3.05, 3.63) is 11.6 Å². The molecule has 84 valence electrons. The number of halogens is 1. The molecule has 0 aromatic heterocycles. The number of esters is 1. The lowest BCUT2D eigenvalue weighted by atomic mass is 9.73. The lowest BCUT2D eigenvalue weighted by molar-refractivity contribution is -0.145. The van der Waals surface area contributed by atoms with Crippen molar-refractivity contribution < 1.29 is 9.53 Å². The summed E-state index contributed by atoms with van der Waals surface area (Å²) in [6.07, 6.45) is 3.87. The Hall–Kier alpha value is -0.540. The average molecular weight is 230 g/mol. The predicted molar refractivity (Wildman–Crippen MR) is 58.9 cm³/mol. The van der Waals surface area contributed by atoms with E-state index < -0.39 is 4.87 Å². The molecule has 2 aliphatic heterocycles. The number of piperidine rings is 1. The highest BCUT2D eigenvalue weighted by Crippen LogP contribution is 2.42. The minimum Gasteiger partial charge on any atom is -0.468 e. The summed E-state index contributed by atoms with van der Waals surface area (Å²) >= 11 is 6.42. The molecule has 3 aliphatic rings. The molecule has 0 saturated carbocycles. The minimum atomic E-state index is -0.891. The Morgan fingerprint density at radius 1 is 1.80 bits per heavy atom. The van der Waals surface area contributed by atoms with Gasteiger partial charge < -0.3 is 10.1 Å². The zero-order chi connectivity index (χ0) is 11.1. The summed E-state index contributed by atoms with van der Waals surface area (Å²) in [5.74, 6) is 0.0481. The van der Waals surface area contributed by atoms with Crippen molar-refractivity contribution in [3.63, 3.8) is 0 Å². The van der Waals surface area contributed by atoms with Gasteiger partial charge in [-0.05, 0) is 18.8 Å². The van der Waals surface area contributed by atoms with Crippen LogP contribution >= 0.6 is 11.6 Å². The van der Waals surface area contributed by atoms with E-state index >= 15 is 0 Å². The molecule has 0 radical (unpaired) electrons. The van der Waals surface area contributed by atoms with Gasteiger partial charge in [0.05, 0.1) is 13.2 Å². The molecule has 15 heavy (non-hydrogen) atoms. The zero-order valence-electron chi connectivity index (χ0n) is 9.05. The van der Waals surface area contributed by atoms with Crippen molar-refractivity contribution in [2.75, 3.05) is 13.7 Å². The molecule has 0 amide bonds. The number of nitrogens with one attached hydrogen (secondary N) is 1. The third-order valence-corrected chi connectivity index (χ3v) is 3.88. The van der Waals surface area contributed by atoms with Gasteiger partial charge in [-0.1, -0.05) is 18.6 Å². The van der Waals surface area contributed by atoms with Crippen LogP contribution in [0.2, 0.25) is 0 Å². The van der Waals surface area contributed by atoms with E-state index in [0.717, 1.165) is 13.0 Å². The molecular weight excluding hydrogens is 214 g/mol. The van der Waals surface area contributed by atoms with Gasteiger partial charge in [0.1, 0.15) is 0 Å². The molecule has 4 heteroatoms. The maximum absolute atomic E-state index is 11.7. The number of rotatable bonds is 2. The largest absolute Gasteiger partial charge is 0.468 e. The van der Waals surface area contributed by atoms with Crippen LogP contribution in [0.15, 0.2) is 11.6 Å². The summed E-state index contributed by atoms with van der Waals surface area (Å²) in [7, 11) is 1.39. The Balaban J connectivity index is 2.32. The van der Waals surface area contributed by atoms with Gasteiger partial charge in [0.25, 0.3) is 0 Å². The number of carbonyl (C=O) groups excluding carboxylic acids is 1. The van der Waals surface area contributed by atoms with Crippen LogP contribution in [0, 0.1) is 5.92 Å². The second kappa shape index (κ2) is 3.80. The van der Waals surface area contributed by atoms with Gasteiger partial charge >= 0.3 is 5.97 Å². The quantitative estimate of drug-likeness (QED) is 0.443. The smallest absolute Gasteiger partial charge is 0.328 e. The number of carbonyl (C=O) groups is 1. The normalized spacial score (nSPS) is 38.7. The van der Waals surface area contributed by atoms with E-state index in [2.05, 4.69) is 18.3 Å². The zero-order valence-corrected chi connectivity index (χ0v) is 9.80. The van der Waals surface area contributed by atoms with Crippen molar-refractivity contribution in [2.24, 2.45) is 5.92 Å².